The van der Waals surface area contributed by atoms with Crippen molar-refractivity contribution in [3.05, 3.63) is 29.9 Å². The number of nitrogens with zero attached hydrogens (tertiary/aromatic N) is 2. The summed E-state index contributed by atoms with van der Waals surface area (Å²) in [6.07, 6.45) is 3.50. The zero-order valence-electron chi connectivity index (χ0n) is 9.83. The van der Waals surface area contributed by atoms with E-state index in [0.29, 0.717) is 5.95 Å². The summed E-state index contributed by atoms with van der Waals surface area (Å²) >= 11 is 1.63. The number of carbonyl (C=O) groups is 1. The van der Waals surface area contributed by atoms with Crippen molar-refractivity contribution in [2.45, 2.75) is 19.4 Å². The molecule has 0 saturated carbocycles. The Kier molecular flexibility index (Phi) is 3.88. The van der Waals surface area contributed by atoms with Crippen LogP contribution < -0.4 is 5.32 Å². The van der Waals surface area contributed by atoms with Crippen molar-refractivity contribution in [3.63, 3.8) is 0 Å². The first-order valence-corrected chi connectivity index (χ1v) is 6.37. The summed E-state index contributed by atoms with van der Waals surface area (Å²) in [6.45, 7) is 1.78. The van der Waals surface area contributed by atoms with Crippen LogP contribution >= 0.6 is 11.3 Å². The minimum atomic E-state index is -0.842. The standard InChI is InChI=1S/C12H13N3O2S/c1-8(5-11(16)17)15-12-13-6-9(7-14-12)10-3-2-4-18-10/h2-4,6-8H,5H2,1H3,(H,16,17)(H,13,14,15). The van der Waals surface area contributed by atoms with Crippen LogP contribution in [0.15, 0.2) is 29.9 Å². The monoisotopic (exact) mass is 263 g/mol. The lowest BCUT2D eigenvalue weighted by molar-refractivity contribution is -0.137. The molecule has 94 valence electrons. The van der Waals surface area contributed by atoms with E-state index in [2.05, 4.69) is 15.3 Å². The lowest BCUT2D eigenvalue weighted by atomic mass is 10.2. The van der Waals surface area contributed by atoms with Crippen molar-refractivity contribution in [3.8, 4) is 10.4 Å². The lowest BCUT2D eigenvalue weighted by Crippen LogP contribution is -2.20. The maximum absolute atomic E-state index is 10.5. The minimum absolute atomic E-state index is 0.0377. The first kappa shape index (κ1) is 12.5. The van der Waals surface area contributed by atoms with Crippen molar-refractivity contribution in [2.24, 2.45) is 0 Å². The number of carboxylic acid groups (broad SMARTS) is 1. The van der Waals surface area contributed by atoms with Crippen molar-refractivity contribution in [1.82, 2.24) is 9.97 Å². The fourth-order valence-electron chi connectivity index (χ4n) is 1.51. The molecule has 0 fully saturated rings. The molecule has 5 nitrogen and oxygen atoms in total. The normalized spacial score (nSPS) is 12.1. The predicted octanol–water partition coefficient (Wildman–Crippen LogP) is 2.48. The van der Waals surface area contributed by atoms with E-state index >= 15 is 0 Å². The molecule has 1 atom stereocenters. The summed E-state index contributed by atoms with van der Waals surface area (Å²) < 4.78 is 0. The van der Waals surface area contributed by atoms with Gasteiger partial charge in [0.05, 0.1) is 6.42 Å². The fourth-order valence-corrected chi connectivity index (χ4v) is 2.21. The average Bonchev–Trinajstić information content (AvgIpc) is 2.82. The third-order valence-corrected chi connectivity index (χ3v) is 3.23. The summed E-state index contributed by atoms with van der Waals surface area (Å²) in [7, 11) is 0. The second-order valence-corrected chi connectivity index (χ2v) is 4.86. The van der Waals surface area contributed by atoms with E-state index in [9.17, 15) is 4.79 Å². The van der Waals surface area contributed by atoms with Crippen LogP contribution in [0.4, 0.5) is 5.95 Å². The molecular weight excluding hydrogens is 250 g/mol. The van der Waals surface area contributed by atoms with Crippen molar-refractivity contribution >= 4 is 23.3 Å². The molecule has 2 aromatic rings. The number of carboxylic acids is 1. The lowest BCUT2D eigenvalue weighted by Gasteiger charge is -2.10. The topological polar surface area (TPSA) is 75.1 Å². The van der Waals surface area contributed by atoms with Crippen LogP contribution in [0.1, 0.15) is 13.3 Å². The van der Waals surface area contributed by atoms with Gasteiger partial charge in [0.2, 0.25) is 5.95 Å². The summed E-state index contributed by atoms with van der Waals surface area (Å²) in [6, 6.07) is 3.78. The SMILES string of the molecule is CC(CC(=O)O)Nc1ncc(-c2cccs2)cn1. The molecule has 18 heavy (non-hydrogen) atoms. The molecule has 0 bridgehead atoms. The second-order valence-electron chi connectivity index (χ2n) is 3.92. The van der Waals surface area contributed by atoms with E-state index in [-0.39, 0.29) is 12.5 Å². The van der Waals surface area contributed by atoms with Crippen LogP contribution in [0.3, 0.4) is 0 Å². The molecule has 0 aromatic carbocycles. The Morgan fingerprint density at radius 1 is 1.50 bits per heavy atom. The zero-order valence-corrected chi connectivity index (χ0v) is 10.6. The third-order valence-electron chi connectivity index (χ3n) is 2.31. The molecule has 1 unspecified atom stereocenters. The molecule has 0 amide bonds. The van der Waals surface area contributed by atoms with E-state index in [4.69, 9.17) is 5.11 Å². The van der Waals surface area contributed by atoms with Gasteiger partial charge in [0.15, 0.2) is 0 Å². The van der Waals surface area contributed by atoms with Gasteiger partial charge in [0.25, 0.3) is 0 Å². The van der Waals surface area contributed by atoms with Gasteiger partial charge < -0.3 is 10.4 Å². The fraction of sp³-hybridized carbons (Fsp3) is 0.250. The first-order valence-electron chi connectivity index (χ1n) is 5.49. The molecule has 2 aromatic heterocycles. The molecule has 0 saturated heterocycles. The van der Waals surface area contributed by atoms with E-state index in [1.807, 2.05) is 17.5 Å². The molecular formula is C12H13N3O2S. The molecule has 2 N–H and O–H groups in total. The molecule has 2 heterocycles. The first-order chi connectivity index (χ1) is 8.65. The smallest absolute Gasteiger partial charge is 0.305 e. The quantitative estimate of drug-likeness (QED) is 0.866. The highest BCUT2D eigenvalue weighted by Crippen LogP contribution is 2.23. The molecule has 0 radical (unpaired) electrons. The Morgan fingerprint density at radius 3 is 2.78 bits per heavy atom. The number of hydrogen-bond donors (Lipinski definition) is 2. The van der Waals surface area contributed by atoms with Gasteiger partial charge >= 0.3 is 5.97 Å². The molecule has 6 heteroatoms. The van der Waals surface area contributed by atoms with E-state index in [1.165, 1.54) is 0 Å². The molecule has 0 aliphatic rings. The molecule has 0 aliphatic heterocycles. The summed E-state index contributed by atoms with van der Waals surface area (Å²) in [5.41, 5.74) is 0.960. The van der Waals surface area contributed by atoms with Crippen LogP contribution in [0.5, 0.6) is 0 Å². The molecule has 0 aliphatic carbocycles. The largest absolute Gasteiger partial charge is 0.481 e. The third kappa shape index (κ3) is 3.27. The van der Waals surface area contributed by atoms with Gasteiger partial charge in [0, 0.05) is 28.9 Å². The van der Waals surface area contributed by atoms with Crippen molar-refractivity contribution in [1.29, 1.82) is 0 Å². The predicted molar refractivity (Wildman–Crippen MR) is 70.7 cm³/mol. The van der Waals surface area contributed by atoms with Gasteiger partial charge in [-0.05, 0) is 18.4 Å². The minimum Gasteiger partial charge on any atom is -0.481 e. The maximum atomic E-state index is 10.5. The van der Waals surface area contributed by atoms with Crippen LogP contribution in [0.25, 0.3) is 10.4 Å². The van der Waals surface area contributed by atoms with Crippen molar-refractivity contribution in [2.75, 3.05) is 5.32 Å². The number of hydrogen-bond acceptors (Lipinski definition) is 5. The number of anilines is 1. The average molecular weight is 263 g/mol. The van der Waals surface area contributed by atoms with Crippen molar-refractivity contribution < 1.29 is 9.90 Å². The number of thiophene rings is 1. The van der Waals surface area contributed by atoms with Gasteiger partial charge in [0.1, 0.15) is 0 Å². The highest BCUT2D eigenvalue weighted by Gasteiger charge is 2.08. The van der Waals surface area contributed by atoms with Crippen LogP contribution in [0.2, 0.25) is 0 Å². The Hall–Kier alpha value is -1.95. The number of aliphatic carboxylic acids is 1. The highest BCUT2D eigenvalue weighted by atomic mass is 32.1. The Balaban J connectivity index is 2.02. The van der Waals surface area contributed by atoms with E-state index in [0.717, 1.165) is 10.4 Å². The van der Waals surface area contributed by atoms with Gasteiger partial charge in [-0.25, -0.2) is 9.97 Å². The number of aromatic nitrogens is 2. The zero-order chi connectivity index (χ0) is 13.0. The van der Waals surface area contributed by atoms with E-state index < -0.39 is 5.97 Å². The number of rotatable bonds is 5. The van der Waals surface area contributed by atoms with Crippen LogP contribution in [-0.4, -0.2) is 27.1 Å². The van der Waals surface area contributed by atoms with Gasteiger partial charge in [-0.3, -0.25) is 4.79 Å². The molecule has 0 spiro atoms. The Labute approximate surface area is 109 Å². The van der Waals surface area contributed by atoms with Gasteiger partial charge in [-0.15, -0.1) is 11.3 Å². The van der Waals surface area contributed by atoms with Crippen LogP contribution in [0, 0.1) is 0 Å². The van der Waals surface area contributed by atoms with Crippen LogP contribution in [-0.2, 0) is 4.79 Å². The van der Waals surface area contributed by atoms with Gasteiger partial charge in [-0.1, -0.05) is 6.07 Å². The summed E-state index contributed by atoms with van der Waals surface area (Å²) in [5, 5.41) is 13.6. The summed E-state index contributed by atoms with van der Waals surface area (Å²) in [5.74, 6) is -0.394. The van der Waals surface area contributed by atoms with E-state index in [1.54, 1.807) is 30.7 Å². The maximum Gasteiger partial charge on any atom is 0.305 e. The number of nitrogens with one attached hydrogen (secondary N) is 1. The second kappa shape index (κ2) is 5.59. The Bertz CT molecular complexity index is 511. The molecule has 2 rings (SSSR count). The Morgan fingerprint density at radius 2 is 2.22 bits per heavy atom. The highest BCUT2D eigenvalue weighted by molar-refractivity contribution is 7.13. The summed E-state index contributed by atoms with van der Waals surface area (Å²) in [4.78, 5) is 20.0. The van der Waals surface area contributed by atoms with Gasteiger partial charge in [-0.2, -0.15) is 0 Å².